The van der Waals surface area contributed by atoms with E-state index in [9.17, 15) is 24.0 Å². The molecule has 2 aliphatic rings. The summed E-state index contributed by atoms with van der Waals surface area (Å²) in [4.78, 5) is 68.2. The number of hydrogen-bond donors (Lipinski definition) is 1. The maximum absolute atomic E-state index is 13.8. The van der Waals surface area contributed by atoms with Crippen LogP contribution in [0.1, 0.15) is 61.2 Å². The van der Waals surface area contributed by atoms with Gasteiger partial charge in [0.05, 0.1) is 34.6 Å². The monoisotopic (exact) mass is 642 g/mol. The third kappa shape index (κ3) is 5.87. The summed E-state index contributed by atoms with van der Waals surface area (Å²) < 4.78 is 28.7. The molecule has 47 heavy (non-hydrogen) atoms. The Hall–Kier alpha value is -5.72. The van der Waals surface area contributed by atoms with Gasteiger partial charge in [-0.1, -0.05) is 6.92 Å². The molecule has 13 nitrogen and oxygen atoms in total. The molecular weight excluding hydrogens is 612 g/mol. The third-order valence-electron chi connectivity index (χ3n) is 7.78. The van der Waals surface area contributed by atoms with Gasteiger partial charge in [-0.3, -0.25) is 4.79 Å². The molecule has 1 atom stereocenters. The Morgan fingerprint density at radius 3 is 2.43 bits per heavy atom. The second kappa shape index (κ2) is 11.6. The van der Waals surface area contributed by atoms with Gasteiger partial charge in [-0.05, 0) is 81.8 Å². The first-order valence-corrected chi connectivity index (χ1v) is 14.8. The van der Waals surface area contributed by atoms with E-state index in [-0.39, 0.29) is 47.8 Å². The van der Waals surface area contributed by atoms with Crippen LogP contribution >= 0.6 is 0 Å². The first-order valence-electron chi connectivity index (χ1n) is 14.8. The SMILES string of the molecule is CCC1(OC(=O)COc2ccc(C(=O)O)cc2)C(=O)OCc2c1cc1n(c2=O)Cc2cc3cc(OC(=O)OC(C)(C)C)ccc3nc2-1. The summed E-state index contributed by atoms with van der Waals surface area (Å²) in [5.74, 6) is -2.34. The predicted molar refractivity (Wildman–Crippen MR) is 164 cm³/mol. The van der Waals surface area contributed by atoms with Crippen LogP contribution in [0.2, 0.25) is 0 Å². The molecule has 1 unspecified atom stereocenters. The summed E-state index contributed by atoms with van der Waals surface area (Å²) >= 11 is 0. The topological polar surface area (TPSA) is 170 Å². The number of cyclic esters (lactones) is 1. The third-order valence-corrected chi connectivity index (χ3v) is 7.78. The van der Waals surface area contributed by atoms with Crippen LogP contribution in [0.5, 0.6) is 11.5 Å². The lowest BCUT2D eigenvalue weighted by molar-refractivity contribution is -0.190. The smallest absolute Gasteiger partial charge is 0.482 e. The number of rotatable bonds is 7. The van der Waals surface area contributed by atoms with Crippen LogP contribution in [0.3, 0.4) is 0 Å². The number of ether oxygens (including phenoxy) is 5. The van der Waals surface area contributed by atoms with E-state index in [1.54, 1.807) is 52.0 Å². The Morgan fingerprint density at radius 1 is 1.02 bits per heavy atom. The van der Waals surface area contributed by atoms with Crippen molar-refractivity contribution in [1.82, 2.24) is 9.55 Å². The van der Waals surface area contributed by atoms with Crippen molar-refractivity contribution in [3.8, 4) is 22.9 Å². The summed E-state index contributed by atoms with van der Waals surface area (Å²) in [5, 5.41) is 9.74. The van der Waals surface area contributed by atoms with Crippen LogP contribution in [0.15, 0.2) is 59.4 Å². The number of nitrogens with zero attached hydrogens (tertiary/aromatic N) is 2. The van der Waals surface area contributed by atoms with Gasteiger partial charge in [0.25, 0.3) is 5.56 Å². The second-order valence-electron chi connectivity index (χ2n) is 12.1. The molecule has 0 saturated carbocycles. The van der Waals surface area contributed by atoms with Crippen molar-refractivity contribution in [1.29, 1.82) is 0 Å². The maximum atomic E-state index is 13.8. The molecule has 0 fully saturated rings. The molecule has 6 rings (SSSR count). The van der Waals surface area contributed by atoms with E-state index in [1.807, 2.05) is 6.07 Å². The fourth-order valence-electron chi connectivity index (χ4n) is 5.61. The Balaban J connectivity index is 1.30. The van der Waals surface area contributed by atoms with Crippen molar-refractivity contribution in [2.45, 2.75) is 58.5 Å². The molecule has 0 saturated heterocycles. The van der Waals surface area contributed by atoms with Crippen LogP contribution in [0.4, 0.5) is 4.79 Å². The zero-order chi connectivity index (χ0) is 33.7. The van der Waals surface area contributed by atoms with Crippen LogP contribution in [0.25, 0.3) is 22.3 Å². The van der Waals surface area contributed by atoms with E-state index in [0.717, 1.165) is 5.56 Å². The number of aromatic carboxylic acids is 1. The van der Waals surface area contributed by atoms with Crippen LogP contribution < -0.4 is 15.0 Å². The highest BCUT2D eigenvalue weighted by Gasteiger charge is 2.50. The summed E-state index contributed by atoms with van der Waals surface area (Å²) in [6, 6.07) is 13.8. The average Bonchev–Trinajstić information content (AvgIpc) is 3.37. The number of benzene rings is 2. The second-order valence-corrected chi connectivity index (χ2v) is 12.1. The lowest BCUT2D eigenvalue weighted by Crippen LogP contribution is -2.48. The highest BCUT2D eigenvalue weighted by molar-refractivity contribution is 5.89. The fraction of sp³-hybridized carbons (Fsp3) is 0.294. The molecule has 0 amide bonds. The molecule has 4 aromatic rings. The predicted octanol–water partition coefficient (Wildman–Crippen LogP) is 4.72. The number of carbonyl (C=O) groups is 4. The fourth-order valence-corrected chi connectivity index (χ4v) is 5.61. The van der Waals surface area contributed by atoms with Crippen molar-refractivity contribution in [3.63, 3.8) is 0 Å². The molecule has 0 aliphatic carbocycles. The minimum Gasteiger partial charge on any atom is -0.482 e. The molecule has 2 aromatic heterocycles. The minimum absolute atomic E-state index is 0.0286. The van der Waals surface area contributed by atoms with E-state index in [0.29, 0.717) is 22.3 Å². The molecule has 13 heteroatoms. The first kappa shape index (κ1) is 31.3. The Bertz CT molecular complexity index is 2030. The molecule has 0 spiro atoms. The highest BCUT2D eigenvalue weighted by Crippen LogP contribution is 2.41. The normalized spacial score (nSPS) is 16.4. The van der Waals surface area contributed by atoms with E-state index in [1.165, 1.54) is 28.8 Å². The zero-order valence-electron chi connectivity index (χ0n) is 25.9. The average molecular weight is 643 g/mol. The van der Waals surface area contributed by atoms with Gasteiger partial charge in [0.2, 0.25) is 5.60 Å². The lowest BCUT2D eigenvalue weighted by Gasteiger charge is -2.35. The van der Waals surface area contributed by atoms with Gasteiger partial charge >= 0.3 is 24.1 Å². The Labute approximate surface area is 267 Å². The van der Waals surface area contributed by atoms with Crippen molar-refractivity contribution < 1.29 is 48.0 Å². The molecule has 1 N–H and O–H groups in total. The van der Waals surface area contributed by atoms with Gasteiger partial charge in [-0.15, -0.1) is 0 Å². The molecule has 4 heterocycles. The number of aromatic nitrogens is 2. The van der Waals surface area contributed by atoms with Crippen LogP contribution in [-0.4, -0.2) is 50.9 Å². The van der Waals surface area contributed by atoms with Gasteiger partial charge in [0.1, 0.15) is 23.7 Å². The number of hydrogen-bond acceptors (Lipinski definition) is 11. The molecule has 0 radical (unpaired) electrons. The largest absolute Gasteiger partial charge is 0.514 e. The van der Waals surface area contributed by atoms with E-state index in [4.69, 9.17) is 33.8 Å². The van der Waals surface area contributed by atoms with Crippen LogP contribution in [0, 0.1) is 0 Å². The van der Waals surface area contributed by atoms with E-state index >= 15 is 0 Å². The molecule has 2 aliphatic heterocycles. The quantitative estimate of drug-likeness (QED) is 0.147. The van der Waals surface area contributed by atoms with E-state index in [2.05, 4.69) is 0 Å². The van der Waals surface area contributed by atoms with Crippen molar-refractivity contribution in [2.24, 2.45) is 0 Å². The number of carboxylic acid groups (broad SMARTS) is 1. The van der Waals surface area contributed by atoms with Crippen molar-refractivity contribution in [2.75, 3.05) is 6.61 Å². The summed E-state index contributed by atoms with van der Waals surface area (Å²) in [6.45, 7) is 6.15. The maximum Gasteiger partial charge on any atom is 0.514 e. The summed E-state index contributed by atoms with van der Waals surface area (Å²) in [5.41, 5.74) is -0.357. The number of fused-ring (bicyclic) bond motifs is 5. The number of esters is 2. The Kier molecular flexibility index (Phi) is 7.70. The number of carbonyl (C=O) groups excluding carboxylic acids is 3. The molecule has 0 bridgehead atoms. The molecular formula is C34H30N2O11. The van der Waals surface area contributed by atoms with Gasteiger partial charge < -0.3 is 33.4 Å². The summed E-state index contributed by atoms with van der Waals surface area (Å²) in [7, 11) is 0. The van der Waals surface area contributed by atoms with Crippen LogP contribution in [-0.2, 0) is 42.6 Å². The molecule has 242 valence electrons. The van der Waals surface area contributed by atoms with Gasteiger partial charge in [0, 0.05) is 16.5 Å². The lowest BCUT2D eigenvalue weighted by atomic mass is 9.85. The summed E-state index contributed by atoms with van der Waals surface area (Å²) in [6.07, 6.45) is -0.868. The van der Waals surface area contributed by atoms with Gasteiger partial charge in [-0.25, -0.2) is 24.2 Å². The van der Waals surface area contributed by atoms with Gasteiger partial charge in [-0.2, -0.15) is 0 Å². The standard InChI is InChI=1S/C34H30N2O11/c1-5-34(46-27(37)17-43-21-8-6-18(7-9-21)30(39)40)24-14-26-28-20(15-36(26)29(38)23(24)16-44-31(34)41)12-19-13-22(10-11-25(19)35-28)45-32(42)47-33(2,3)4/h6-14H,5,15-17H2,1-4H3,(H,39,40). The first-order chi connectivity index (χ1) is 22.3. The highest BCUT2D eigenvalue weighted by atomic mass is 16.7. The Morgan fingerprint density at radius 2 is 1.74 bits per heavy atom. The number of carboxylic acids is 1. The van der Waals surface area contributed by atoms with Gasteiger partial charge in [0.15, 0.2) is 6.61 Å². The minimum atomic E-state index is -1.91. The van der Waals surface area contributed by atoms with E-state index < -0.39 is 47.4 Å². The molecule has 2 aromatic carbocycles. The number of pyridine rings is 2. The van der Waals surface area contributed by atoms with Crippen molar-refractivity contribution >= 4 is 35.0 Å². The zero-order valence-corrected chi connectivity index (χ0v) is 25.9. The van der Waals surface area contributed by atoms with Crippen molar-refractivity contribution in [3.05, 3.63) is 87.2 Å².